The first kappa shape index (κ1) is 9.20. The number of quaternary nitrogens is 1. The summed E-state index contributed by atoms with van der Waals surface area (Å²) in [7, 11) is 0. The van der Waals surface area contributed by atoms with Gasteiger partial charge in [-0.1, -0.05) is 0 Å². The Labute approximate surface area is 94.2 Å². The summed E-state index contributed by atoms with van der Waals surface area (Å²) >= 11 is 0. The summed E-state index contributed by atoms with van der Waals surface area (Å²) in [6.07, 6.45) is 3.25. The number of rotatable bonds is 0. The zero-order valence-electron chi connectivity index (χ0n) is 9.09. The van der Waals surface area contributed by atoms with Crippen molar-refractivity contribution in [2.45, 2.75) is 18.5 Å². The van der Waals surface area contributed by atoms with Crippen LogP contribution in [0.3, 0.4) is 0 Å². The number of piperazine rings is 2. The van der Waals surface area contributed by atoms with E-state index in [2.05, 4.69) is 37.9 Å². The van der Waals surface area contributed by atoms with Crippen LogP contribution in [0, 0.1) is 0 Å². The third-order valence-electron chi connectivity index (χ3n) is 3.70. The van der Waals surface area contributed by atoms with Gasteiger partial charge in [-0.05, 0) is 0 Å². The molecule has 3 saturated heterocycles. The first-order valence-corrected chi connectivity index (χ1v) is 6.01. The molecule has 4 heterocycles. The summed E-state index contributed by atoms with van der Waals surface area (Å²) in [5.74, 6) is 0. The lowest BCUT2D eigenvalue weighted by Crippen LogP contribution is -3.24. The maximum atomic E-state index is 3.57. The van der Waals surface area contributed by atoms with Crippen LogP contribution in [0.2, 0.25) is 0 Å². The second kappa shape index (κ2) is 3.31. The lowest BCUT2D eigenvalue weighted by atomic mass is 10.3. The van der Waals surface area contributed by atoms with E-state index in [1.54, 1.807) is 0 Å². The molecule has 0 saturated carbocycles. The molecule has 4 aliphatic heterocycles. The molecule has 0 radical (unpaired) electrons. The van der Waals surface area contributed by atoms with Crippen molar-refractivity contribution in [3.05, 3.63) is 11.9 Å². The molecule has 88 valence electrons. The van der Waals surface area contributed by atoms with E-state index in [9.17, 15) is 0 Å². The van der Waals surface area contributed by atoms with Gasteiger partial charge < -0.3 is 5.32 Å². The standard InChI is InChI=1S/C9H17N7/c1-3-12-8-6(10-1)5-15-9-7(14-16(8)15)11-2-4-13-9/h5,7-14H,1-4H2/p+1. The van der Waals surface area contributed by atoms with Crippen LogP contribution in [-0.4, -0.2) is 49.7 Å². The molecular weight excluding hydrogens is 206 g/mol. The summed E-state index contributed by atoms with van der Waals surface area (Å²) < 4.78 is 0. The van der Waals surface area contributed by atoms with E-state index in [1.807, 2.05) is 0 Å². The Kier molecular flexibility index (Phi) is 1.91. The molecule has 0 bridgehead atoms. The monoisotopic (exact) mass is 224 g/mol. The van der Waals surface area contributed by atoms with Gasteiger partial charge in [0.1, 0.15) is 11.9 Å². The molecule has 0 amide bonds. The van der Waals surface area contributed by atoms with Crippen LogP contribution in [0.4, 0.5) is 0 Å². The Bertz CT molecular complexity index is 330. The molecular formula is C9H18N7+. The SMILES string of the molecule is C1=C2NCCNC2[NH+]2NC3NCCNC3N12. The van der Waals surface area contributed by atoms with Gasteiger partial charge in [0.15, 0.2) is 6.17 Å². The van der Waals surface area contributed by atoms with Gasteiger partial charge in [-0.25, -0.2) is 0 Å². The molecule has 4 atom stereocenters. The van der Waals surface area contributed by atoms with Crippen molar-refractivity contribution in [1.82, 2.24) is 31.7 Å². The minimum Gasteiger partial charge on any atom is -0.380 e. The van der Waals surface area contributed by atoms with Crippen LogP contribution in [0.5, 0.6) is 0 Å². The van der Waals surface area contributed by atoms with Gasteiger partial charge in [0.05, 0.1) is 6.20 Å². The third kappa shape index (κ3) is 1.14. The van der Waals surface area contributed by atoms with Crippen molar-refractivity contribution in [3.8, 4) is 0 Å². The molecule has 4 rings (SSSR count). The lowest BCUT2D eigenvalue weighted by molar-refractivity contribution is -1.05. The molecule has 0 spiro atoms. The smallest absolute Gasteiger partial charge is 0.224 e. The lowest BCUT2D eigenvalue weighted by Gasteiger charge is -2.27. The molecule has 0 aliphatic carbocycles. The average Bonchev–Trinajstić information content (AvgIpc) is 2.85. The fraction of sp³-hybridized carbons (Fsp3) is 0.778. The molecule has 7 heteroatoms. The van der Waals surface area contributed by atoms with Gasteiger partial charge in [-0.3, -0.25) is 16.0 Å². The van der Waals surface area contributed by atoms with Crippen molar-refractivity contribution in [1.29, 1.82) is 0 Å². The summed E-state index contributed by atoms with van der Waals surface area (Å²) in [6, 6.07) is 0. The van der Waals surface area contributed by atoms with Gasteiger partial charge in [0.2, 0.25) is 6.17 Å². The predicted octanol–water partition coefficient (Wildman–Crippen LogP) is -4.17. The van der Waals surface area contributed by atoms with Crippen LogP contribution in [0.25, 0.3) is 0 Å². The third-order valence-corrected chi connectivity index (χ3v) is 3.70. The van der Waals surface area contributed by atoms with Crippen molar-refractivity contribution in [3.63, 3.8) is 0 Å². The largest absolute Gasteiger partial charge is 0.380 e. The quantitative estimate of drug-likeness (QED) is 0.251. The fourth-order valence-corrected chi connectivity index (χ4v) is 2.98. The molecule has 6 N–H and O–H groups in total. The van der Waals surface area contributed by atoms with Gasteiger partial charge >= 0.3 is 0 Å². The molecule has 3 fully saturated rings. The number of hydrogen-bond donors (Lipinski definition) is 6. The second-order valence-electron chi connectivity index (χ2n) is 4.67. The van der Waals surface area contributed by atoms with Crippen molar-refractivity contribution in [2.75, 3.05) is 26.2 Å². The maximum absolute atomic E-state index is 3.57. The molecule has 0 aromatic rings. The van der Waals surface area contributed by atoms with Gasteiger partial charge in [-0.2, -0.15) is 5.01 Å². The second-order valence-corrected chi connectivity index (χ2v) is 4.67. The highest BCUT2D eigenvalue weighted by Crippen LogP contribution is 2.12. The summed E-state index contributed by atoms with van der Waals surface area (Å²) in [6.45, 7) is 4.10. The minimum atomic E-state index is 0.336. The van der Waals surface area contributed by atoms with E-state index >= 15 is 0 Å². The Morgan fingerprint density at radius 3 is 3.00 bits per heavy atom. The topological polar surface area (TPSA) is 67.8 Å². The number of fused-ring (bicyclic) bond motifs is 5. The Morgan fingerprint density at radius 2 is 2.00 bits per heavy atom. The molecule has 0 aromatic carbocycles. The molecule has 4 unspecified atom stereocenters. The number of nitrogens with zero attached hydrogens (tertiary/aromatic N) is 1. The summed E-state index contributed by atoms with van der Waals surface area (Å²) in [4.78, 5) is 0. The highest BCUT2D eigenvalue weighted by atomic mass is 15.9. The molecule has 0 aromatic heterocycles. The van der Waals surface area contributed by atoms with Crippen LogP contribution in [-0.2, 0) is 0 Å². The molecule has 4 aliphatic rings. The predicted molar refractivity (Wildman–Crippen MR) is 57.4 cm³/mol. The first-order valence-electron chi connectivity index (χ1n) is 6.01. The zero-order chi connectivity index (χ0) is 10.5. The van der Waals surface area contributed by atoms with Gasteiger partial charge in [-0.15, -0.1) is 10.5 Å². The number of hydrogen-bond acceptors (Lipinski definition) is 6. The van der Waals surface area contributed by atoms with Crippen molar-refractivity contribution >= 4 is 0 Å². The van der Waals surface area contributed by atoms with Crippen LogP contribution in [0.15, 0.2) is 11.9 Å². The minimum absolute atomic E-state index is 0.336. The highest BCUT2D eigenvalue weighted by Gasteiger charge is 2.52. The van der Waals surface area contributed by atoms with Crippen molar-refractivity contribution < 1.29 is 5.12 Å². The number of nitrogens with one attached hydrogen (secondary N) is 6. The van der Waals surface area contributed by atoms with Crippen LogP contribution >= 0.6 is 0 Å². The normalized spacial score (nSPS) is 45.5. The fourth-order valence-electron chi connectivity index (χ4n) is 2.98. The van der Waals surface area contributed by atoms with Gasteiger partial charge in [0, 0.05) is 26.2 Å². The van der Waals surface area contributed by atoms with E-state index in [4.69, 9.17) is 0 Å². The van der Waals surface area contributed by atoms with E-state index in [1.165, 1.54) is 10.8 Å². The average molecular weight is 224 g/mol. The van der Waals surface area contributed by atoms with Crippen molar-refractivity contribution in [2.24, 2.45) is 0 Å². The maximum Gasteiger partial charge on any atom is 0.224 e. The van der Waals surface area contributed by atoms with Crippen LogP contribution in [0.1, 0.15) is 0 Å². The first-order chi connectivity index (χ1) is 7.93. The molecule has 16 heavy (non-hydrogen) atoms. The van der Waals surface area contributed by atoms with Crippen LogP contribution < -0.4 is 31.8 Å². The van der Waals surface area contributed by atoms with Gasteiger partial charge in [0.25, 0.3) is 0 Å². The van der Waals surface area contributed by atoms with E-state index in [0.29, 0.717) is 18.5 Å². The molecule has 7 nitrogen and oxygen atoms in total. The Balaban J connectivity index is 1.62. The highest BCUT2D eigenvalue weighted by molar-refractivity contribution is 5.11. The van der Waals surface area contributed by atoms with E-state index in [-0.39, 0.29) is 0 Å². The Hall–Kier alpha value is -0.860. The summed E-state index contributed by atoms with van der Waals surface area (Å²) in [5.41, 5.74) is 4.86. The zero-order valence-corrected chi connectivity index (χ0v) is 9.09. The summed E-state index contributed by atoms with van der Waals surface area (Å²) in [5, 5.41) is 17.6. The Morgan fingerprint density at radius 1 is 1.12 bits per heavy atom. The van der Waals surface area contributed by atoms with E-state index < -0.39 is 0 Å². The van der Waals surface area contributed by atoms with E-state index in [0.717, 1.165) is 26.2 Å².